The van der Waals surface area contributed by atoms with Crippen molar-refractivity contribution in [1.82, 2.24) is 0 Å². The summed E-state index contributed by atoms with van der Waals surface area (Å²) < 4.78 is 5.56. The van der Waals surface area contributed by atoms with Crippen LogP contribution in [0.2, 0.25) is 0 Å². The van der Waals surface area contributed by atoms with Gasteiger partial charge in [0, 0.05) is 31.5 Å². The number of carboxylic acids is 1. The van der Waals surface area contributed by atoms with Crippen molar-refractivity contribution in [3.63, 3.8) is 0 Å². The standard InChI is InChI=1S/C28H39N3O5/c1-5-20(17-26(32)33)21-8-11-25(31(18-28(3,4)35)23-12-14-36-15-13-23)24(16-21)30-27(34)29-22-9-6-19(2)7-10-22/h6-11,16,20,23,35H,5,12-15,17-18H2,1-4H3,(H,32,33)(H2,29,30,34). The van der Waals surface area contributed by atoms with Crippen LogP contribution in [0.4, 0.5) is 21.9 Å². The van der Waals surface area contributed by atoms with Crippen molar-refractivity contribution in [2.24, 2.45) is 0 Å². The second-order valence-electron chi connectivity index (χ2n) is 10.2. The van der Waals surface area contributed by atoms with E-state index in [-0.39, 0.29) is 18.4 Å². The van der Waals surface area contributed by atoms with E-state index in [1.54, 1.807) is 13.8 Å². The van der Waals surface area contributed by atoms with E-state index in [1.165, 1.54) is 0 Å². The molecule has 0 spiro atoms. The van der Waals surface area contributed by atoms with Crippen molar-refractivity contribution < 1.29 is 24.5 Å². The molecule has 8 heteroatoms. The van der Waals surface area contributed by atoms with Crippen LogP contribution in [0, 0.1) is 6.92 Å². The zero-order chi connectivity index (χ0) is 26.3. The Morgan fingerprint density at radius 1 is 1.11 bits per heavy atom. The van der Waals surface area contributed by atoms with Gasteiger partial charge in [0.15, 0.2) is 0 Å². The lowest BCUT2D eigenvalue weighted by Crippen LogP contribution is -2.47. The van der Waals surface area contributed by atoms with Crippen molar-refractivity contribution in [1.29, 1.82) is 0 Å². The number of benzene rings is 2. The molecule has 0 saturated carbocycles. The maximum Gasteiger partial charge on any atom is 0.323 e. The fraction of sp³-hybridized carbons (Fsp3) is 0.500. The van der Waals surface area contributed by atoms with Crippen molar-refractivity contribution in [3.8, 4) is 0 Å². The molecule has 3 rings (SSSR count). The van der Waals surface area contributed by atoms with Crippen LogP contribution in [0.15, 0.2) is 42.5 Å². The molecule has 8 nitrogen and oxygen atoms in total. The quantitative estimate of drug-likeness (QED) is 0.351. The molecule has 1 aliphatic rings. The third-order valence-corrected chi connectivity index (χ3v) is 6.46. The highest BCUT2D eigenvalue weighted by molar-refractivity contribution is 6.02. The molecule has 1 fully saturated rings. The Morgan fingerprint density at radius 2 is 1.78 bits per heavy atom. The second kappa shape index (κ2) is 12.2. The summed E-state index contributed by atoms with van der Waals surface area (Å²) >= 11 is 0. The number of hydrogen-bond acceptors (Lipinski definition) is 5. The number of amides is 2. The summed E-state index contributed by atoms with van der Waals surface area (Å²) in [5, 5.41) is 26.0. The Bertz CT molecular complexity index is 1030. The molecule has 36 heavy (non-hydrogen) atoms. The zero-order valence-electron chi connectivity index (χ0n) is 21.7. The van der Waals surface area contributed by atoms with Gasteiger partial charge in [-0.15, -0.1) is 0 Å². The highest BCUT2D eigenvalue weighted by Gasteiger charge is 2.29. The van der Waals surface area contributed by atoms with Gasteiger partial charge in [0.25, 0.3) is 0 Å². The lowest BCUT2D eigenvalue weighted by Gasteiger charge is -2.40. The minimum absolute atomic E-state index is 0.0121. The monoisotopic (exact) mass is 497 g/mol. The minimum Gasteiger partial charge on any atom is -0.481 e. The van der Waals surface area contributed by atoms with Gasteiger partial charge in [-0.1, -0.05) is 30.7 Å². The molecule has 1 unspecified atom stereocenters. The van der Waals surface area contributed by atoms with Crippen molar-refractivity contribution in [2.75, 3.05) is 35.3 Å². The molecule has 1 heterocycles. The number of nitrogens with one attached hydrogen (secondary N) is 2. The van der Waals surface area contributed by atoms with Crippen LogP contribution in [0.25, 0.3) is 0 Å². The smallest absolute Gasteiger partial charge is 0.323 e. The van der Waals surface area contributed by atoms with E-state index in [1.807, 2.05) is 56.3 Å². The molecule has 0 radical (unpaired) electrons. The summed E-state index contributed by atoms with van der Waals surface area (Å²) in [6, 6.07) is 13.0. The highest BCUT2D eigenvalue weighted by Crippen LogP contribution is 2.36. The molecule has 2 amide bonds. The maximum absolute atomic E-state index is 13.0. The number of carbonyl (C=O) groups is 2. The summed E-state index contributed by atoms with van der Waals surface area (Å²) in [6.45, 7) is 9.13. The highest BCUT2D eigenvalue weighted by atomic mass is 16.5. The summed E-state index contributed by atoms with van der Waals surface area (Å²) in [4.78, 5) is 26.6. The van der Waals surface area contributed by atoms with E-state index >= 15 is 0 Å². The van der Waals surface area contributed by atoms with Crippen LogP contribution in [0.5, 0.6) is 0 Å². The first-order chi connectivity index (χ1) is 17.1. The summed E-state index contributed by atoms with van der Waals surface area (Å²) in [5.74, 6) is -1.04. The van der Waals surface area contributed by atoms with Gasteiger partial charge in [-0.05, 0) is 75.8 Å². The van der Waals surface area contributed by atoms with E-state index in [9.17, 15) is 19.8 Å². The number of hydrogen-bond donors (Lipinski definition) is 4. The number of ether oxygens (including phenoxy) is 1. The van der Waals surface area contributed by atoms with E-state index in [4.69, 9.17) is 4.74 Å². The number of aliphatic hydroxyl groups is 1. The summed E-state index contributed by atoms with van der Waals surface area (Å²) in [7, 11) is 0. The number of aryl methyl sites for hydroxylation is 1. The third kappa shape index (κ3) is 7.96. The van der Waals surface area contributed by atoms with Gasteiger partial charge in [-0.3, -0.25) is 4.79 Å². The predicted octanol–water partition coefficient (Wildman–Crippen LogP) is 5.36. The fourth-order valence-corrected chi connectivity index (χ4v) is 4.61. The van der Waals surface area contributed by atoms with Gasteiger partial charge >= 0.3 is 12.0 Å². The molecule has 1 atom stereocenters. The molecule has 1 aliphatic heterocycles. The lowest BCUT2D eigenvalue weighted by molar-refractivity contribution is -0.137. The molecule has 2 aromatic rings. The zero-order valence-corrected chi connectivity index (χ0v) is 21.7. The second-order valence-corrected chi connectivity index (χ2v) is 10.2. The Labute approximate surface area is 213 Å². The fourth-order valence-electron chi connectivity index (χ4n) is 4.61. The number of aliphatic carboxylic acids is 1. The molecular weight excluding hydrogens is 458 g/mol. The lowest BCUT2D eigenvalue weighted by atomic mass is 9.92. The minimum atomic E-state index is -0.965. The Balaban J connectivity index is 1.99. The topological polar surface area (TPSA) is 111 Å². The van der Waals surface area contributed by atoms with E-state index in [0.29, 0.717) is 37.6 Å². The molecule has 0 aromatic heterocycles. The SMILES string of the molecule is CCC(CC(=O)O)c1ccc(N(CC(C)(C)O)C2CCOCC2)c(NC(=O)Nc2ccc(C)cc2)c1. The Morgan fingerprint density at radius 3 is 2.36 bits per heavy atom. The number of nitrogens with zero attached hydrogens (tertiary/aromatic N) is 1. The average molecular weight is 498 g/mol. The Kier molecular flexibility index (Phi) is 9.34. The molecule has 1 saturated heterocycles. The number of carbonyl (C=O) groups excluding carboxylic acids is 1. The third-order valence-electron chi connectivity index (χ3n) is 6.46. The van der Waals surface area contributed by atoms with Gasteiger partial charge in [-0.25, -0.2) is 4.79 Å². The predicted molar refractivity (Wildman–Crippen MR) is 143 cm³/mol. The largest absolute Gasteiger partial charge is 0.481 e. The normalized spacial score (nSPS) is 15.2. The summed E-state index contributed by atoms with van der Waals surface area (Å²) in [6.07, 6.45) is 2.29. The van der Waals surface area contributed by atoms with E-state index in [2.05, 4.69) is 15.5 Å². The van der Waals surface area contributed by atoms with E-state index < -0.39 is 17.6 Å². The molecule has 0 aliphatic carbocycles. The van der Waals surface area contributed by atoms with Crippen LogP contribution in [0.1, 0.15) is 63.5 Å². The number of rotatable bonds is 10. The summed E-state index contributed by atoms with van der Waals surface area (Å²) in [5.41, 5.74) is 3.02. The van der Waals surface area contributed by atoms with Crippen LogP contribution in [0.3, 0.4) is 0 Å². The van der Waals surface area contributed by atoms with Crippen LogP contribution in [-0.4, -0.2) is 53.6 Å². The molecular formula is C28H39N3O5. The van der Waals surface area contributed by atoms with Crippen LogP contribution < -0.4 is 15.5 Å². The average Bonchev–Trinajstić information content (AvgIpc) is 2.82. The maximum atomic E-state index is 13.0. The van der Waals surface area contributed by atoms with Gasteiger partial charge < -0.3 is 30.5 Å². The van der Waals surface area contributed by atoms with Crippen LogP contribution >= 0.6 is 0 Å². The molecule has 196 valence electrons. The van der Waals surface area contributed by atoms with Crippen molar-refractivity contribution >= 4 is 29.1 Å². The van der Waals surface area contributed by atoms with Crippen molar-refractivity contribution in [3.05, 3.63) is 53.6 Å². The first-order valence-corrected chi connectivity index (χ1v) is 12.6. The van der Waals surface area contributed by atoms with Gasteiger partial charge in [0.05, 0.1) is 23.4 Å². The van der Waals surface area contributed by atoms with Crippen molar-refractivity contribution in [2.45, 2.75) is 70.9 Å². The first kappa shape index (κ1) is 27.5. The molecule has 0 bridgehead atoms. The van der Waals surface area contributed by atoms with Gasteiger partial charge in [0.1, 0.15) is 0 Å². The number of anilines is 3. The van der Waals surface area contributed by atoms with Gasteiger partial charge in [0.2, 0.25) is 0 Å². The Hall–Kier alpha value is -3.10. The van der Waals surface area contributed by atoms with Crippen LogP contribution in [-0.2, 0) is 9.53 Å². The molecule has 2 aromatic carbocycles. The molecule has 4 N–H and O–H groups in total. The first-order valence-electron chi connectivity index (χ1n) is 12.6. The number of urea groups is 1. The van der Waals surface area contributed by atoms with E-state index in [0.717, 1.165) is 29.7 Å². The number of carboxylic acid groups (broad SMARTS) is 1. The van der Waals surface area contributed by atoms with Gasteiger partial charge in [-0.2, -0.15) is 0 Å².